The number of hydrogen-bond donors (Lipinski definition) is 1. The van der Waals surface area contributed by atoms with Crippen molar-refractivity contribution in [2.45, 2.75) is 50.7 Å². The Kier molecular flexibility index (Phi) is 4.80. The average molecular weight is 441 g/mol. The lowest BCUT2D eigenvalue weighted by molar-refractivity contribution is 0.00578. The third-order valence-electron chi connectivity index (χ3n) is 6.00. The molecule has 10 heteroatoms. The Morgan fingerprint density at radius 3 is 2.23 bits per heavy atom. The summed E-state index contributed by atoms with van der Waals surface area (Å²) in [6, 6.07) is 8.08. The fourth-order valence-corrected chi connectivity index (χ4v) is 4.73. The molecular weight excluding hydrogens is 417 g/mol. The van der Waals surface area contributed by atoms with Crippen LogP contribution in [0.25, 0.3) is 11.0 Å². The number of benzene rings is 1. The van der Waals surface area contributed by atoms with Gasteiger partial charge in [-0.3, -0.25) is 4.79 Å². The minimum Gasteiger partial charge on any atom is -0.399 e. The summed E-state index contributed by atoms with van der Waals surface area (Å²) >= 11 is 0. The van der Waals surface area contributed by atoms with E-state index in [-0.39, 0.29) is 16.1 Å². The molecule has 3 heterocycles. The first kappa shape index (κ1) is 21.5. The molecule has 1 saturated heterocycles. The zero-order chi connectivity index (χ0) is 22.8. The number of carbonyl (C=O) groups is 1. The van der Waals surface area contributed by atoms with E-state index in [9.17, 15) is 13.2 Å². The van der Waals surface area contributed by atoms with Crippen molar-refractivity contribution in [1.82, 2.24) is 8.96 Å². The Hall–Kier alpha value is -2.69. The summed E-state index contributed by atoms with van der Waals surface area (Å²) < 4.78 is 39.5. The fourth-order valence-electron chi connectivity index (χ4n) is 3.41. The van der Waals surface area contributed by atoms with E-state index in [1.54, 1.807) is 18.2 Å². The van der Waals surface area contributed by atoms with Gasteiger partial charge in [-0.1, -0.05) is 17.7 Å². The molecule has 3 aromatic rings. The maximum absolute atomic E-state index is 13.2. The number of fused-ring (bicyclic) bond motifs is 1. The third-order valence-corrected chi connectivity index (χ3v) is 7.67. The van der Waals surface area contributed by atoms with Gasteiger partial charge in [0.1, 0.15) is 0 Å². The van der Waals surface area contributed by atoms with E-state index in [2.05, 4.69) is 4.98 Å². The molecule has 8 nitrogen and oxygen atoms in total. The van der Waals surface area contributed by atoms with Crippen LogP contribution in [0.15, 0.2) is 47.6 Å². The SMILES string of the molecule is Cc1ccc(S(=O)(=O)n2cc(C(N)=O)c3cc(B4OC(C)(C)C(C)(C)O4)cnc32)cc1. The van der Waals surface area contributed by atoms with E-state index in [1.165, 1.54) is 24.5 Å². The lowest BCUT2D eigenvalue weighted by Crippen LogP contribution is -2.41. The van der Waals surface area contributed by atoms with Crippen LogP contribution in [0.4, 0.5) is 0 Å². The molecule has 0 unspecified atom stereocenters. The first-order valence-electron chi connectivity index (χ1n) is 9.82. The molecule has 0 saturated carbocycles. The van der Waals surface area contributed by atoms with Crippen LogP contribution in [-0.4, -0.2) is 41.6 Å². The molecule has 1 aromatic carbocycles. The van der Waals surface area contributed by atoms with Crippen molar-refractivity contribution < 1.29 is 22.5 Å². The number of carbonyl (C=O) groups excluding carboxylic acids is 1. The zero-order valence-corrected chi connectivity index (χ0v) is 18.9. The molecule has 1 aliphatic rings. The van der Waals surface area contributed by atoms with Crippen LogP contribution in [0.3, 0.4) is 0 Å². The number of nitrogens with zero attached hydrogens (tertiary/aromatic N) is 2. The fraction of sp³-hybridized carbons (Fsp3) is 0.333. The standard InChI is InChI=1S/C21H24BN3O5S/c1-13-6-8-15(9-7-13)31(27,28)25-12-17(18(23)26)16-10-14(11-24-19(16)25)22-29-20(2,3)21(4,5)30-22/h6-12H,1-5H3,(H2,23,26). The Morgan fingerprint density at radius 1 is 1.10 bits per heavy atom. The monoisotopic (exact) mass is 441 g/mol. The normalized spacial score (nSPS) is 17.9. The molecule has 1 fully saturated rings. The number of rotatable bonds is 4. The predicted molar refractivity (Wildman–Crippen MR) is 118 cm³/mol. The number of primary amides is 1. The van der Waals surface area contributed by atoms with E-state index in [0.717, 1.165) is 9.54 Å². The molecule has 4 rings (SSSR count). The van der Waals surface area contributed by atoms with Gasteiger partial charge in [-0.2, -0.15) is 0 Å². The first-order chi connectivity index (χ1) is 14.3. The second-order valence-electron chi connectivity index (χ2n) is 8.75. The van der Waals surface area contributed by atoms with Crippen molar-refractivity contribution in [3.63, 3.8) is 0 Å². The second kappa shape index (κ2) is 6.91. The number of nitrogens with two attached hydrogens (primary N) is 1. The van der Waals surface area contributed by atoms with Crippen molar-refractivity contribution >= 4 is 39.5 Å². The molecule has 1 aliphatic heterocycles. The van der Waals surface area contributed by atoms with Crippen LogP contribution >= 0.6 is 0 Å². The van der Waals surface area contributed by atoms with E-state index in [1.807, 2.05) is 34.6 Å². The van der Waals surface area contributed by atoms with E-state index in [0.29, 0.717) is 10.8 Å². The molecule has 0 bridgehead atoms. The Morgan fingerprint density at radius 2 is 1.68 bits per heavy atom. The van der Waals surface area contributed by atoms with E-state index >= 15 is 0 Å². The number of aromatic nitrogens is 2. The Bertz CT molecular complexity index is 1280. The van der Waals surface area contributed by atoms with Crippen LogP contribution < -0.4 is 11.2 Å². The highest BCUT2D eigenvalue weighted by Gasteiger charge is 2.52. The highest BCUT2D eigenvalue weighted by Crippen LogP contribution is 2.36. The summed E-state index contributed by atoms with van der Waals surface area (Å²) in [6.45, 7) is 9.58. The topological polar surface area (TPSA) is 114 Å². The number of hydrogen-bond acceptors (Lipinski definition) is 6. The number of aryl methyl sites for hydroxylation is 1. The summed E-state index contributed by atoms with van der Waals surface area (Å²) in [5.74, 6) is -0.754. The van der Waals surface area contributed by atoms with Gasteiger partial charge < -0.3 is 15.0 Å². The second-order valence-corrected chi connectivity index (χ2v) is 10.6. The third kappa shape index (κ3) is 3.44. The van der Waals surface area contributed by atoms with Crippen molar-refractivity contribution in [3.05, 3.63) is 53.9 Å². The zero-order valence-electron chi connectivity index (χ0n) is 18.0. The molecule has 0 aliphatic carbocycles. The maximum atomic E-state index is 13.2. The van der Waals surface area contributed by atoms with Gasteiger partial charge in [0, 0.05) is 23.2 Å². The molecule has 2 aromatic heterocycles. The Balaban J connectivity index is 1.85. The van der Waals surface area contributed by atoms with Gasteiger partial charge in [-0.15, -0.1) is 0 Å². The van der Waals surface area contributed by atoms with Gasteiger partial charge in [0.05, 0.1) is 21.7 Å². The van der Waals surface area contributed by atoms with Gasteiger partial charge in [0.15, 0.2) is 5.65 Å². The van der Waals surface area contributed by atoms with Gasteiger partial charge in [-0.05, 0) is 52.8 Å². The molecular formula is C21H24BN3O5S. The molecule has 1 amide bonds. The van der Waals surface area contributed by atoms with E-state index < -0.39 is 34.3 Å². The van der Waals surface area contributed by atoms with Crippen LogP contribution in [0.1, 0.15) is 43.6 Å². The lowest BCUT2D eigenvalue weighted by atomic mass is 9.80. The predicted octanol–water partition coefficient (Wildman–Crippen LogP) is 1.98. The van der Waals surface area contributed by atoms with E-state index in [4.69, 9.17) is 15.0 Å². The van der Waals surface area contributed by atoms with Crippen molar-refractivity contribution in [2.75, 3.05) is 0 Å². The first-order valence-corrected chi connectivity index (χ1v) is 11.3. The number of pyridine rings is 1. The smallest absolute Gasteiger partial charge is 0.399 e. The molecule has 162 valence electrons. The Labute approximate surface area is 181 Å². The highest BCUT2D eigenvalue weighted by atomic mass is 32.2. The van der Waals surface area contributed by atoms with Gasteiger partial charge in [0.2, 0.25) is 0 Å². The average Bonchev–Trinajstić information content (AvgIpc) is 3.16. The highest BCUT2D eigenvalue weighted by molar-refractivity contribution is 7.90. The van der Waals surface area contributed by atoms with Crippen molar-refractivity contribution in [3.8, 4) is 0 Å². The van der Waals surface area contributed by atoms with Crippen molar-refractivity contribution in [1.29, 1.82) is 0 Å². The largest absolute Gasteiger partial charge is 0.496 e. The van der Waals surface area contributed by atoms with Gasteiger partial charge >= 0.3 is 7.12 Å². The molecule has 31 heavy (non-hydrogen) atoms. The lowest BCUT2D eigenvalue weighted by Gasteiger charge is -2.32. The molecule has 0 spiro atoms. The molecule has 2 N–H and O–H groups in total. The summed E-state index contributed by atoms with van der Waals surface area (Å²) in [6.07, 6.45) is 2.71. The molecule has 0 radical (unpaired) electrons. The summed E-state index contributed by atoms with van der Waals surface area (Å²) in [4.78, 5) is 16.5. The van der Waals surface area contributed by atoms with Crippen LogP contribution in [0.5, 0.6) is 0 Å². The summed E-state index contributed by atoms with van der Waals surface area (Å²) in [5, 5.41) is 0.315. The summed E-state index contributed by atoms with van der Waals surface area (Å²) in [5.41, 5.74) is 6.09. The van der Waals surface area contributed by atoms with Gasteiger partial charge in [-0.25, -0.2) is 17.4 Å². The molecule has 0 atom stereocenters. The minimum atomic E-state index is -3.98. The van der Waals surface area contributed by atoms with Crippen LogP contribution in [0.2, 0.25) is 0 Å². The van der Waals surface area contributed by atoms with Crippen LogP contribution in [-0.2, 0) is 19.3 Å². The van der Waals surface area contributed by atoms with Crippen molar-refractivity contribution in [2.24, 2.45) is 5.73 Å². The summed E-state index contributed by atoms with van der Waals surface area (Å²) in [7, 11) is -4.69. The minimum absolute atomic E-state index is 0.0524. The number of amides is 1. The van der Waals surface area contributed by atoms with Crippen LogP contribution in [0, 0.1) is 6.92 Å². The van der Waals surface area contributed by atoms with Gasteiger partial charge in [0.25, 0.3) is 15.9 Å². The quantitative estimate of drug-likeness (QED) is 0.620. The maximum Gasteiger partial charge on any atom is 0.496 e.